The molecule has 19 heavy (non-hydrogen) atoms. The lowest BCUT2D eigenvalue weighted by Gasteiger charge is -2.13. The molecule has 0 fully saturated rings. The third-order valence-electron chi connectivity index (χ3n) is 2.29. The van der Waals surface area contributed by atoms with Gasteiger partial charge in [0.25, 0.3) is 0 Å². The second-order valence-electron chi connectivity index (χ2n) is 3.75. The highest BCUT2D eigenvalue weighted by Gasteiger charge is 2.20. The summed E-state index contributed by atoms with van der Waals surface area (Å²) in [6.07, 6.45) is 3.66. The predicted molar refractivity (Wildman–Crippen MR) is 68.3 cm³/mol. The van der Waals surface area contributed by atoms with E-state index in [4.69, 9.17) is 5.11 Å². The Morgan fingerprint density at radius 3 is 2.95 bits per heavy atom. The molecule has 1 atom stereocenters. The minimum absolute atomic E-state index is 0.150. The Hall–Kier alpha value is -2.49. The molecular weight excluding hydrogens is 248 g/mol. The Kier molecular flexibility index (Phi) is 5.95. The van der Waals surface area contributed by atoms with Gasteiger partial charge in [-0.15, -0.1) is 11.8 Å². The van der Waals surface area contributed by atoms with Crippen molar-refractivity contribution in [1.82, 2.24) is 20.6 Å². The molecule has 1 heterocycles. The van der Waals surface area contributed by atoms with Gasteiger partial charge in [-0.2, -0.15) is 0 Å². The minimum Gasteiger partial charge on any atom is -0.480 e. The van der Waals surface area contributed by atoms with Crippen LogP contribution in [0.15, 0.2) is 12.5 Å². The van der Waals surface area contributed by atoms with Crippen LogP contribution in [0, 0.1) is 11.8 Å². The molecule has 0 bridgehead atoms. The first-order valence-corrected chi connectivity index (χ1v) is 5.77. The van der Waals surface area contributed by atoms with Crippen LogP contribution in [0.25, 0.3) is 0 Å². The summed E-state index contributed by atoms with van der Waals surface area (Å²) in [6.45, 7) is 2.09. The molecule has 0 saturated heterocycles. The summed E-state index contributed by atoms with van der Waals surface area (Å²) in [5.41, 5.74) is 0.643. The number of nitrogens with zero attached hydrogens (tertiary/aromatic N) is 1. The van der Waals surface area contributed by atoms with Gasteiger partial charge in [-0.05, 0) is 6.92 Å². The van der Waals surface area contributed by atoms with Gasteiger partial charge in [-0.3, -0.25) is 0 Å². The van der Waals surface area contributed by atoms with Crippen LogP contribution in [-0.4, -0.2) is 39.7 Å². The maximum atomic E-state index is 11.5. The maximum Gasteiger partial charge on any atom is 0.326 e. The van der Waals surface area contributed by atoms with E-state index in [1.165, 1.54) is 12.5 Å². The SMILES string of the molecule is CC#CCCNC(=O)N[C@H](Cc1cnc[nH]1)C(=O)O. The number of imidazole rings is 1. The number of rotatable bonds is 6. The number of carboxylic acids is 1. The number of aromatic amines is 1. The van der Waals surface area contributed by atoms with Gasteiger partial charge in [-0.1, -0.05) is 0 Å². The first kappa shape index (κ1) is 14.6. The number of urea groups is 1. The van der Waals surface area contributed by atoms with Crippen LogP contribution < -0.4 is 10.6 Å². The van der Waals surface area contributed by atoms with Crippen LogP contribution in [0.3, 0.4) is 0 Å². The van der Waals surface area contributed by atoms with E-state index in [0.717, 1.165) is 0 Å². The van der Waals surface area contributed by atoms with E-state index in [9.17, 15) is 9.59 Å². The number of amides is 2. The summed E-state index contributed by atoms with van der Waals surface area (Å²) in [7, 11) is 0. The van der Waals surface area contributed by atoms with Gasteiger partial charge >= 0.3 is 12.0 Å². The van der Waals surface area contributed by atoms with Crippen LogP contribution in [0.2, 0.25) is 0 Å². The number of nitrogens with one attached hydrogen (secondary N) is 3. The largest absolute Gasteiger partial charge is 0.480 e. The smallest absolute Gasteiger partial charge is 0.326 e. The van der Waals surface area contributed by atoms with E-state index in [-0.39, 0.29) is 6.42 Å². The van der Waals surface area contributed by atoms with Crippen molar-refractivity contribution in [3.05, 3.63) is 18.2 Å². The molecule has 2 amide bonds. The lowest BCUT2D eigenvalue weighted by atomic mass is 10.2. The van der Waals surface area contributed by atoms with E-state index in [0.29, 0.717) is 18.7 Å². The maximum absolute atomic E-state index is 11.5. The van der Waals surface area contributed by atoms with Crippen LogP contribution in [0.5, 0.6) is 0 Å². The molecule has 0 aliphatic carbocycles. The molecule has 0 aromatic carbocycles. The minimum atomic E-state index is -1.10. The third-order valence-corrected chi connectivity index (χ3v) is 2.29. The molecule has 0 spiro atoms. The Labute approximate surface area is 110 Å². The molecule has 0 aliphatic heterocycles. The van der Waals surface area contributed by atoms with Crippen molar-refractivity contribution in [2.75, 3.05) is 6.54 Å². The number of hydrogen-bond donors (Lipinski definition) is 4. The van der Waals surface area contributed by atoms with Gasteiger partial charge in [0.15, 0.2) is 0 Å². The molecular formula is C12H16N4O3. The van der Waals surface area contributed by atoms with Crippen LogP contribution in [-0.2, 0) is 11.2 Å². The molecule has 0 saturated carbocycles. The van der Waals surface area contributed by atoms with Crippen molar-refractivity contribution < 1.29 is 14.7 Å². The van der Waals surface area contributed by atoms with Gasteiger partial charge in [0, 0.05) is 31.3 Å². The van der Waals surface area contributed by atoms with Crippen LogP contribution in [0.1, 0.15) is 19.0 Å². The number of carboxylic acid groups (broad SMARTS) is 1. The molecule has 0 aliphatic rings. The molecule has 7 heteroatoms. The highest BCUT2D eigenvalue weighted by Crippen LogP contribution is 1.98. The summed E-state index contributed by atoms with van der Waals surface area (Å²) in [5.74, 6) is 4.40. The number of aromatic nitrogens is 2. The van der Waals surface area contributed by atoms with E-state index in [2.05, 4.69) is 32.4 Å². The Balaban J connectivity index is 2.42. The van der Waals surface area contributed by atoms with E-state index in [1.807, 2.05) is 0 Å². The first-order valence-electron chi connectivity index (χ1n) is 5.77. The number of hydrogen-bond acceptors (Lipinski definition) is 3. The molecule has 1 aromatic heterocycles. The molecule has 7 nitrogen and oxygen atoms in total. The van der Waals surface area contributed by atoms with Crippen molar-refractivity contribution in [2.24, 2.45) is 0 Å². The van der Waals surface area contributed by atoms with Gasteiger partial charge in [0.2, 0.25) is 0 Å². The van der Waals surface area contributed by atoms with Gasteiger partial charge in [0.05, 0.1) is 6.33 Å². The van der Waals surface area contributed by atoms with Crippen molar-refractivity contribution in [3.8, 4) is 11.8 Å². The quantitative estimate of drug-likeness (QED) is 0.432. The van der Waals surface area contributed by atoms with E-state index in [1.54, 1.807) is 6.92 Å². The fourth-order valence-corrected chi connectivity index (χ4v) is 1.39. The Bertz CT molecular complexity index is 473. The Morgan fingerprint density at radius 1 is 1.58 bits per heavy atom. The molecule has 1 rings (SSSR count). The van der Waals surface area contributed by atoms with E-state index < -0.39 is 18.0 Å². The molecule has 0 unspecified atom stereocenters. The van der Waals surface area contributed by atoms with Crippen molar-refractivity contribution in [3.63, 3.8) is 0 Å². The average molecular weight is 264 g/mol. The standard InChI is InChI=1S/C12H16N4O3/c1-2-3-4-5-14-12(19)16-10(11(17)18)6-9-7-13-8-15-9/h7-8,10H,4-6H2,1H3,(H,13,15)(H,17,18)(H2,14,16,19)/t10-/m1/s1. The summed E-state index contributed by atoms with van der Waals surface area (Å²) in [5, 5.41) is 14.0. The van der Waals surface area contributed by atoms with Gasteiger partial charge < -0.3 is 20.7 Å². The zero-order valence-corrected chi connectivity index (χ0v) is 10.6. The highest BCUT2D eigenvalue weighted by molar-refractivity contribution is 5.82. The molecule has 4 N–H and O–H groups in total. The predicted octanol–water partition coefficient (Wildman–Crippen LogP) is 0.118. The first-order chi connectivity index (χ1) is 9.13. The molecule has 102 valence electrons. The van der Waals surface area contributed by atoms with Gasteiger partial charge in [-0.25, -0.2) is 14.6 Å². The average Bonchev–Trinajstić information content (AvgIpc) is 2.86. The van der Waals surface area contributed by atoms with Crippen molar-refractivity contribution in [1.29, 1.82) is 0 Å². The zero-order valence-electron chi connectivity index (χ0n) is 10.6. The summed E-state index contributed by atoms with van der Waals surface area (Å²) >= 11 is 0. The summed E-state index contributed by atoms with van der Waals surface area (Å²) < 4.78 is 0. The normalized spacial score (nSPS) is 11.0. The van der Waals surface area contributed by atoms with Crippen LogP contribution in [0.4, 0.5) is 4.79 Å². The van der Waals surface area contributed by atoms with Crippen molar-refractivity contribution >= 4 is 12.0 Å². The fraction of sp³-hybridized carbons (Fsp3) is 0.417. The lowest BCUT2D eigenvalue weighted by molar-refractivity contribution is -0.139. The monoisotopic (exact) mass is 264 g/mol. The number of carbonyl (C=O) groups is 2. The fourth-order valence-electron chi connectivity index (χ4n) is 1.39. The second kappa shape index (κ2) is 7.76. The number of aliphatic carboxylic acids is 1. The molecule has 0 radical (unpaired) electrons. The summed E-state index contributed by atoms with van der Waals surface area (Å²) in [6, 6.07) is -1.53. The van der Waals surface area contributed by atoms with E-state index >= 15 is 0 Å². The zero-order chi connectivity index (χ0) is 14.1. The van der Waals surface area contributed by atoms with Gasteiger partial charge in [0.1, 0.15) is 6.04 Å². The van der Waals surface area contributed by atoms with Crippen molar-refractivity contribution in [2.45, 2.75) is 25.8 Å². The lowest BCUT2D eigenvalue weighted by Crippen LogP contribution is -2.47. The number of carbonyl (C=O) groups excluding carboxylic acids is 1. The topological polar surface area (TPSA) is 107 Å². The third kappa shape index (κ3) is 5.59. The van der Waals surface area contributed by atoms with Crippen LogP contribution >= 0.6 is 0 Å². The Morgan fingerprint density at radius 2 is 2.37 bits per heavy atom. The molecule has 1 aromatic rings. The number of H-pyrrole nitrogens is 1. The second-order valence-corrected chi connectivity index (χ2v) is 3.75. The summed E-state index contributed by atoms with van der Waals surface area (Å²) in [4.78, 5) is 29.1. The highest BCUT2D eigenvalue weighted by atomic mass is 16.4.